The van der Waals surface area contributed by atoms with Crippen LogP contribution in [0.3, 0.4) is 0 Å². The summed E-state index contributed by atoms with van der Waals surface area (Å²) in [6.07, 6.45) is 2.17. The van der Waals surface area contributed by atoms with Gasteiger partial charge in [0.05, 0.1) is 0 Å². The lowest BCUT2D eigenvalue weighted by atomic mass is 9.90. The Hall–Kier alpha value is -0.660. The van der Waals surface area contributed by atoms with E-state index >= 15 is 0 Å². The molecule has 0 heterocycles. The molecule has 0 unspecified atom stereocenters. The standard InChI is InChI=1S/C9H18N2/c1-8(11-10-5)6-7-9(2,3)4/h5-7H2,1-4H3/b11-8-. The van der Waals surface area contributed by atoms with Crippen LogP contribution in [0.5, 0.6) is 0 Å². The maximum absolute atomic E-state index is 3.86. The van der Waals surface area contributed by atoms with Crippen LogP contribution in [-0.4, -0.2) is 12.4 Å². The highest BCUT2D eigenvalue weighted by Gasteiger charge is 2.09. The van der Waals surface area contributed by atoms with Crippen LogP contribution in [0.2, 0.25) is 0 Å². The van der Waals surface area contributed by atoms with E-state index in [1.54, 1.807) is 0 Å². The Balaban J connectivity index is 3.71. The molecule has 0 amide bonds. The molecule has 0 aliphatic rings. The van der Waals surface area contributed by atoms with Crippen LogP contribution >= 0.6 is 0 Å². The molecule has 11 heavy (non-hydrogen) atoms. The Morgan fingerprint density at radius 1 is 1.36 bits per heavy atom. The molecular weight excluding hydrogens is 136 g/mol. The van der Waals surface area contributed by atoms with E-state index in [1.807, 2.05) is 6.92 Å². The zero-order valence-electron chi connectivity index (χ0n) is 8.02. The van der Waals surface area contributed by atoms with Gasteiger partial charge in [-0.15, -0.1) is 0 Å². The summed E-state index contributed by atoms with van der Waals surface area (Å²) in [4.78, 5) is 0. The average molecular weight is 154 g/mol. The van der Waals surface area contributed by atoms with Crippen molar-refractivity contribution in [2.75, 3.05) is 0 Å². The van der Waals surface area contributed by atoms with Crippen molar-refractivity contribution in [1.29, 1.82) is 0 Å². The Labute approximate surface area is 69.4 Å². The van der Waals surface area contributed by atoms with E-state index in [9.17, 15) is 0 Å². The van der Waals surface area contributed by atoms with Gasteiger partial charge in [0.2, 0.25) is 0 Å². The van der Waals surface area contributed by atoms with Gasteiger partial charge >= 0.3 is 0 Å². The molecule has 0 aliphatic heterocycles. The number of hydrogen-bond donors (Lipinski definition) is 0. The third-order valence-electron chi connectivity index (χ3n) is 1.48. The Morgan fingerprint density at radius 2 is 1.91 bits per heavy atom. The van der Waals surface area contributed by atoms with Gasteiger partial charge in [-0.05, 0) is 25.2 Å². The summed E-state index contributed by atoms with van der Waals surface area (Å²) in [5.74, 6) is 0. The molecule has 0 spiro atoms. The van der Waals surface area contributed by atoms with Crippen LogP contribution in [0.15, 0.2) is 10.2 Å². The van der Waals surface area contributed by atoms with Crippen molar-refractivity contribution in [1.82, 2.24) is 0 Å². The van der Waals surface area contributed by atoms with Crippen molar-refractivity contribution in [2.45, 2.75) is 40.5 Å². The summed E-state index contributed by atoms with van der Waals surface area (Å²) in [5.41, 5.74) is 1.45. The fraction of sp³-hybridized carbons (Fsp3) is 0.778. The van der Waals surface area contributed by atoms with Crippen molar-refractivity contribution in [3.63, 3.8) is 0 Å². The summed E-state index contributed by atoms with van der Waals surface area (Å²) in [6, 6.07) is 0. The fourth-order valence-corrected chi connectivity index (χ4v) is 0.727. The summed E-state index contributed by atoms with van der Waals surface area (Å²) >= 11 is 0. The SMILES string of the molecule is C=N/N=C(/C)CCC(C)(C)C. The molecule has 64 valence electrons. The van der Waals surface area contributed by atoms with Gasteiger partial charge in [0.25, 0.3) is 0 Å². The second-order valence-electron chi connectivity index (χ2n) is 4.04. The first kappa shape index (κ1) is 10.3. The molecule has 0 N–H and O–H groups in total. The summed E-state index contributed by atoms with van der Waals surface area (Å²) in [5, 5.41) is 7.33. The third kappa shape index (κ3) is 7.23. The maximum atomic E-state index is 3.86. The highest BCUT2D eigenvalue weighted by Crippen LogP contribution is 2.20. The molecular formula is C9H18N2. The maximum Gasteiger partial charge on any atom is 0.0375 e. The fourth-order valence-electron chi connectivity index (χ4n) is 0.727. The molecule has 0 rings (SSSR count). The molecule has 0 atom stereocenters. The predicted octanol–water partition coefficient (Wildman–Crippen LogP) is 2.89. The van der Waals surface area contributed by atoms with Gasteiger partial charge in [0, 0.05) is 12.4 Å². The number of nitrogens with zero attached hydrogens (tertiary/aromatic N) is 2. The molecule has 0 radical (unpaired) electrons. The van der Waals surface area contributed by atoms with Crippen LogP contribution in [0, 0.1) is 5.41 Å². The van der Waals surface area contributed by atoms with E-state index < -0.39 is 0 Å². The van der Waals surface area contributed by atoms with Gasteiger partial charge in [-0.3, -0.25) is 0 Å². The van der Waals surface area contributed by atoms with Crippen LogP contribution in [-0.2, 0) is 0 Å². The van der Waals surface area contributed by atoms with Crippen molar-refractivity contribution in [3.8, 4) is 0 Å². The molecule has 0 fully saturated rings. The molecule has 0 aromatic rings. The molecule has 0 aliphatic carbocycles. The first-order chi connectivity index (χ1) is 4.95. The third-order valence-corrected chi connectivity index (χ3v) is 1.48. The van der Waals surface area contributed by atoms with Crippen LogP contribution in [0.25, 0.3) is 0 Å². The average Bonchev–Trinajstić information content (AvgIpc) is 1.83. The van der Waals surface area contributed by atoms with Gasteiger partial charge < -0.3 is 0 Å². The Morgan fingerprint density at radius 3 is 2.27 bits per heavy atom. The zero-order chi connectivity index (χ0) is 8.91. The first-order valence-corrected chi connectivity index (χ1v) is 3.95. The van der Waals surface area contributed by atoms with Gasteiger partial charge in [-0.2, -0.15) is 10.2 Å². The molecule has 2 heteroatoms. The smallest absolute Gasteiger partial charge is 0.0375 e. The minimum absolute atomic E-state index is 0.387. The van der Waals surface area contributed by atoms with E-state index in [2.05, 4.69) is 37.7 Å². The van der Waals surface area contributed by atoms with Crippen molar-refractivity contribution in [3.05, 3.63) is 0 Å². The topological polar surface area (TPSA) is 24.7 Å². The molecule has 0 aromatic heterocycles. The van der Waals surface area contributed by atoms with Crippen molar-refractivity contribution >= 4 is 12.4 Å². The second-order valence-corrected chi connectivity index (χ2v) is 4.04. The van der Waals surface area contributed by atoms with E-state index in [0.29, 0.717) is 5.41 Å². The monoisotopic (exact) mass is 154 g/mol. The summed E-state index contributed by atoms with van der Waals surface area (Å²) in [7, 11) is 0. The lowest BCUT2D eigenvalue weighted by Gasteiger charge is -2.16. The number of hydrogen-bond acceptors (Lipinski definition) is 2. The van der Waals surface area contributed by atoms with Crippen molar-refractivity contribution < 1.29 is 0 Å². The predicted molar refractivity (Wildman–Crippen MR) is 51.3 cm³/mol. The van der Waals surface area contributed by atoms with Gasteiger partial charge in [0.1, 0.15) is 0 Å². The minimum Gasteiger partial charge on any atom is -0.167 e. The van der Waals surface area contributed by atoms with E-state index in [1.165, 1.54) is 0 Å². The molecule has 0 saturated heterocycles. The highest BCUT2D eigenvalue weighted by atomic mass is 15.2. The van der Waals surface area contributed by atoms with Gasteiger partial charge in [-0.1, -0.05) is 20.8 Å². The van der Waals surface area contributed by atoms with E-state index in [-0.39, 0.29) is 0 Å². The van der Waals surface area contributed by atoms with Crippen LogP contribution < -0.4 is 0 Å². The lowest BCUT2D eigenvalue weighted by Crippen LogP contribution is -2.06. The van der Waals surface area contributed by atoms with Gasteiger partial charge in [0.15, 0.2) is 0 Å². The number of rotatable bonds is 3. The first-order valence-electron chi connectivity index (χ1n) is 3.95. The molecule has 0 saturated carbocycles. The lowest BCUT2D eigenvalue weighted by molar-refractivity contribution is 0.386. The normalized spacial score (nSPS) is 13.3. The summed E-state index contributed by atoms with van der Waals surface area (Å²) in [6.45, 7) is 12.0. The van der Waals surface area contributed by atoms with E-state index in [0.717, 1.165) is 18.6 Å². The van der Waals surface area contributed by atoms with Crippen LogP contribution in [0.1, 0.15) is 40.5 Å². The quantitative estimate of drug-likeness (QED) is 0.441. The van der Waals surface area contributed by atoms with Gasteiger partial charge in [-0.25, -0.2) is 0 Å². The van der Waals surface area contributed by atoms with Crippen molar-refractivity contribution in [2.24, 2.45) is 15.6 Å². The van der Waals surface area contributed by atoms with E-state index in [4.69, 9.17) is 0 Å². The van der Waals surface area contributed by atoms with Crippen LogP contribution in [0.4, 0.5) is 0 Å². The largest absolute Gasteiger partial charge is 0.167 e. The highest BCUT2D eigenvalue weighted by molar-refractivity contribution is 5.81. The Bertz CT molecular complexity index is 151. The Kier molecular flexibility index (Phi) is 4.01. The molecule has 0 bridgehead atoms. The minimum atomic E-state index is 0.387. The second kappa shape index (κ2) is 4.27. The zero-order valence-corrected chi connectivity index (χ0v) is 8.02. The molecule has 2 nitrogen and oxygen atoms in total. The summed E-state index contributed by atoms with van der Waals surface area (Å²) < 4.78 is 0. The molecule has 0 aromatic carbocycles.